The topological polar surface area (TPSA) is 61.4 Å². The van der Waals surface area contributed by atoms with Crippen LogP contribution in [0.2, 0.25) is 5.02 Å². The zero-order chi connectivity index (χ0) is 16.2. The number of anilines is 1. The average Bonchev–Trinajstić information content (AvgIpc) is 2.38. The lowest BCUT2D eigenvalue weighted by atomic mass is 10.1. The molecule has 0 saturated heterocycles. The molecule has 1 aromatic rings. The summed E-state index contributed by atoms with van der Waals surface area (Å²) in [5, 5.41) is 13.3. The van der Waals surface area contributed by atoms with Crippen LogP contribution >= 0.6 is 11.6 Å². The first-order valence-electron chi connectivity index (χ1n) is 6.20. The van der Waals surface area contributed by atoms with Crippen LogP contribution in [0.3, 0.4) is 0 Å². The molecule has 0 bridgehead atoms. The van der Waals surface area contributed by atoms with Gasteiger partial charge < -0.3 is 15.7 Å². The third-order valence-electron chi connectivity index (χ3n) is 3.03. The van der Waals surface area contributed by atoms with Gasteiger partial charge in [-0.25, -0.2) is 4.79 Å². The number of carbonyl (C=O) groups excluding carboxylic acids is 1. The monoisotopic (exact) mass is 324 g/mol. The Morgan fingerprint density at radius 2 is 2.00 bits per heavy atom. The fourth-order valence-corrected chi connectivity index (χ4v) is 1.72. The zero-order valence-electron chi connectivity index (χ0n) is 11.5. The molecule has 0 heterocycles. The first-order chi connectivity index (χ1) is 9.65. The molecule has 0 fully saturated rings. The van der Waals surface area contributed by atoms with Crippen molar-refractivity contribution < 1.29 is 23.1 Å². The smallest absolute Gasteiger partial charge is 0.396 e. The van der Waals surface area contributed by atoms with Crippen LogP contribution in [0.4, 0.5) is 23.7 Å². The van der Waals surface area contributed by atoms with Crippen molar-refractivity contribution >= 4 is 23.3 Å². The van der Waals surface area contributed by atoms with Gasteiger partial charge in [0.2, 0.25) is 0 Å². The van der Waals surface area contributed by atoms with Crippen molar-refractivity contribution in [3.8, 4) is 0 Å². The van der Waals surface area contributed by atoms with E-state index in [-0.39, 0.29) is 24.3 Å². The third kappa shape index (κ3) is 5.09. The standard InChI is InChI=1S/C13H16ClF3N2O2/c1-7(6-20)8(2)18-12(21)19-9-3-4-11(14)10(5-9)13(15,16)17/h3-5,7-8,20H,6H2,1-2H3,(H2,18,19,21). The molecule has 0 radical (unpaired) electrons. The van der Waals surface area contributed by atoms with Gasteiger partial charge in [-0.3, -0.25) is 0 Å². The second kappa shape index (κ2) is 7.00. The van der Waals surface area contributed by atoms with Crippen molar-refractivity contribution in [2.75, 3.05) is 11.9 Å². The van der Waals surface area contributed by atoms with Gasteiger partial charge in [-0.1, -0.05) is 18.5 Å². The minimum absolute atomic E-state index is 0.0203. The molecule has 1 rings (SSSR count). The van der Waals surface area contributed by atoms with Crippen LogP contribution in [0.15, 0.2) is 18.2 Å². The summed E-state index contributed by atoms with van der Waals surface area (Å²) in [7, 11) is 0. The van der Waals surface area contributed by atoms with Crippen LogP contribution in [0, 0.1) is 5.92 Å². The molecule has 2 atom stereocenters. The van der Waals surface area contributed by atoms with E-state index in [1.807, 2.05) is 0 Å². The molecule has 0 spiro atoms. The summed E-state index contributed by atoms with van der Waals surface area (Å²) in [6.45, 7) is 3.30. The van der Waals surface area contributed by atoms with Crippen molar-refractivity contribution in [1.29, 1.82) is 0 Å². The SMILES string of the molecule is CC(CO)C(C)NC(=O)Nc1ccc(Cl)c(C(F)(F)F)c1. The highest BCUT2D eigenvalue weighted by atomic mass is 35.5. The van der Waals surface area contributed by atoms with Gasteiger partial charge in [-0.05, 0) is 31.0 Å². The number of aliphatic hydroxyl groups is 1. The van der Waals surface area contributed by atoms with Gasteiger partial charge >= 0.3 is 12.2 Å². The predicted octanol–water partition coefficient (Wildman–Crippen LogP) is 3.50. The van der Waals surface area contributed by atoms with E-state index in [9.17, 15) is 18.0 Å². The number of alkyl halides is 3. The Balaban J connectivity index is 2.78. The number of carbonyl (C=O) groups is 1. The summed E-state index contributed by atoms with van der Waals surface area (Å²) >= 11 is 5.49. The first kappa shape index (κ1) is 17.6. The molecule has 2 unspecified atom stereocenters. The molecule has 2 amide bonds. The number of amides is 2. The van der Waals surface area contributed by atoms with E-state index in [0.29, 0.717) is 0 Å². The fraction of sp³-hybridized carbons (Fsp3) is 0.462. The molecule has 0 aliphatic carbocycles. The molecule has 0 aliphatic heterocycles. The Labute approximate surface area is 125 Å². The molecule has 0 aliphatic rings. The maximum absolute atomic E-state index is 12.7. The quantitative estimate of drug-likeness (QED) is 0.794. The minimum Gasteiger partial charge on any atom is -0.396 e. The highest BCUT2D eigenvalue weighted by Crippen LogP contribution is 2.36. The largest absolute Gasteiger partial charge is 0.417 e. The summed E-state index contributed by atoms with van der Waals surface area (Å²) in [6, 6.07) is 2.13. The van der Waals surface area contributed by atoms with Crippen LogP contribution in [-0.4, -0.2) is 23.8 Å². The van der Waals surface area contributed by atoms with Gasteiger partial charge in [-0.15, -0.1) is 0 Å². The van der Waals surface area contributed by atoms with E-state index in [4.69, 9.17) is 16.7 Å². The van der Waals surface area contributed by atoms with Crippen molar-refractivity contribution in [3.63, 3.8) is 0 Å². The van der Waals surface area contributed by atoms with E-state index >= 15 is 0 Å². The summed E-state index contributed by atoms with van der Waals surface area (Å²) in [5.74, 6) is -0.174. The van der Waals surface area contributed by atoms with Crippen molar-refractivity contribution in [1.82, 2.24) is 5.32 Å². The number of urea groups is 1. The molecule has 3 N–H and O–H groups in total. The van der Waals surface area contributed by atoms with Gasteiger partial charge in [0.15, 0.2) is 0 Å². The lowest BCUT2D eigenvalue weighted by molar-refractivity contribution is -0.137. The Hall–Kier alpha value is -1.47. The molecule has 118 valence electrons. The van der Waals surface area contributed by atoms with Crippen molar-refractivity contribution in [2.45, 2.75) is 26.1 Å². The van der Waals surface area contributed by atoms with Crippen LogP contribution in [-0.2, 0) is 6.18 Å². The van der Waals surface area contributed by atoms with Crippen molar-refractivity contribution in [3.05, 3.63) is 28.8 Å². The van der Waals surface area contributed by atoms with Crippen LogP contribution in [0.1, 0.15) is 19.4 Å². The van der Waals surface area contributed by atoms with Crippen molar-refractivity contribution in [2.24, 2.45) is 5.92 Å². The molecule has 21 heavy (non-hydrogen) atoms. The van der Waals surface area contributed by atoms with E-state index in [0.717, 1.165) is 12.1 Å². The molecular formula is C13H16ClF3N2O2. The summed E-state index contributed by atoms with van der Waals surface area (Å²) < 4.78 is 38.1. The average molecular weight is 325 g/mol. The normalized spacial score (nSPS) is 14.4. The lowest BCUT2D eigenvalue weighted by Crippen LogP contribution is -2.40. The Bertz CT molecular complexity index is 509. The summed E-state index contributed by atoms with van der Waals surface area (Å²) in [5.41, 5.74) is -1.04. The van der Waals surface area contributed by atoms with Gasteiger partial charge in [0.25, 0.3) is 0 Å². The number of aliphatic hydroxyl groups excluding tert-OH is 1. The predicted molar refractivity (Wildman–Crippen MR) is 74.3 cm³/mol. The maximum Gasteiger partial charge on any atom is 0.417 e. The Morgan fingerprint density at radius 3 is 2.52 bits per heavy atom. The van der Waals surface area contributed by atoms with Crippen LogP contribution in [0.25, 0.3) is 0 Å². The minimum atomic E-state index is -4.59. The van der Waals surface area contributed by atoms with Gasteiger partial charge in [0.1, 0.15) is 0 Å². The fourth-order valence-electron chi connectivity index (χ4n) is 1.49. The number of hydrogen-bond acceptors (Lipinski definition) is 2. The number of rotatable bonds is 4. The van der Waals surface area contributed by atoms with E-state index in [1.165, 1.54) is 6.07 Å². The van der Waals surface area contributed by atoms with E-state index in [2.05, 4.69) is 10.6 Å². The second-order valence-corrected chi connectivity index (χ2v) is 5.15. The molecule has 8 heteroatoms. The number of halogens is 4. The second-order valence-electron chi connectivity index (χ2n) is 4.74. The van der Waals surface area contributed by atoms with Crippen LogP contribution < -0.4 is 10.6 Å². The van der Waals surface area contributed by atoms with Crippen LogP contribution in [0.5, 0.6) is 0 Å². The third-order valence-corrected chi connectivity index (χ3v) is 3.36. The van der Waals surface area contributed by atoms with Gasteiger partial charge in [0, 0.05) is 18.3 Å². The highest BCUT2D eigenvalue weighted by molar-refractivity contribution is 6.31. The van der Waals surface area contributed by atoms with Gasteiger partial charge in [-0.2, -0.15) is 13.2 Å². The molecule has 0 aromatic heterocycles. The number of benzene rings is 1. The van der Waals surface area contributed by atoms with Gasteiger partial charge in [0.05, 0.1) is 10.6 Å². The molecule has 1 aromatic carbocycles. The first-order valence-corrected chi connectivity index (χ1v) is 6.58. The molecule has 0 saturated carbocycles. The Morgan fingerprint density at radius 1 is 1.38 bits per heavy atom. The summed E-state index contributed by atoms with van der Waals surface area (Å²) in [4.78, 5) is 11.7. The highest BCUT2D eigenvalue weighted by Gasteiger charge is 2.33. The molecular weight excluding hydrogens is 309 g/mol. The summed E-state index contributed by atoms with van der Waals surface area (Å²) in [6.07, 6.45) is -4.59. The lowest BCUT2D eigenvalue weighted by Gasteiger charge is -2.19. The number of hydrogen-bond donors (Lipinski definition) is 3. The van der Waals surface area contributed by atoms with E-state index < -0.39 is 22.8 Å². The Kier molecular flexibility index (Phi) is 5.86. The number of nitrogens with one attached hydrogen (secondary N) is 2. The maximum atomic E-state index is 12.7. The van der Waals surface area contributed by atoms with E-state index in [1.54, 1.807) is 13.8 Å². The molecule has 4 nitrogen and oxygen atoms in total. The zero-order valence-corrected chi connectivity index (χ0v) is 12.2.